The van der Waals surface area contributed by atoms with Gasteiger partial charge >= 0.3 is 12.1 Å². The molecule has 9 nitrogen and oxygen atoms in total. The molecule has 0 aliphatic carbocycles. The first kappa shape index (κ1) is 33.3. The van der Waals surface area contributed by atoms with Gasteiger partial charge < -0.3 is 20.9 Å². The number of nitrogens with zero attached hydrogens (tertiary/aromatic N) is 2. The van der Waals surface area contributed by atoms with Crippen molar-refractivity contribution < 1.29 is 27.6 Å². The summed E-state index contributed by atoms with van der Waals surface area (Å²) < 4.78 is 32.1. The molecule has 0 saturated carbocycles. The Morgan fingerprint density at radius 2 is 1.80 bits per heavy atom. The molecule has 0 spiro atoms. The Hall–Kier alpha value is -3.88. The zero-order valence-corrected chi connectivity index (χ0v) is 24.2. The number of halogens is 3. The number of primary amides is 1. The van der Waals surface area contributed by atoms with Gasteiger partial charge in [-0.05, 0) is 54.2 Å². The Morgan fingerprint density at radius 1 is 1.20 bits per heavy atom. The number of carbonyl (C=O) groups is 3. The van der Waals surface area contributed by atoms with Crippen molar-refractivity contribution in [2.45, 2.75) is 79.1 Å². The third-order valence-corrected chi connectivity index (χ3v) is 6.83. The molecular weight excluding hydrogens is 539 g/mol. The number of nitriles is 1. The average Bonchev–Trinajstić information content (AvgIpc) is 3.29. The highest BCUT2D eigenvalue weighted by molar-refractivity contribution is 5.89. The summed E-state index contributed by atoms with van der Waals surface area (Å²) in [7, 11) is 0. The van der Waals surface area contributed by atoms with Crippen molar-refractivity contribution >= 4 is 28.6 Å². The van der Waals surface area contributed by atoms with Crippen molar-refractivity contribution in [1.82, 2.24) is 15.2 Å². The van der Waals surface area contributed by atoms with E-state index in [1.807, 2.05) is 45.9 Å². The summed E-state index contributed by atoms with van der Waals surface area (Å²) in [6, 6.07) is 8.18. The van der Waals surface area contributed by atoms with Crippen LogP contribution in [-0.2, 0) is 20.8 Å². The Morgan fingerprint density at radius 3 is 2.32 bits per heavy atom. The van der Waals surface area contributed by atoms with E-state index in [1.54, 1.807) is 11.0 Å². The second-order valence-corrected chi connectivity index (χ2v) is 12.0. The maximum atomic E-state index is 13.3. The van der Waals surface area contributed by atoms with Crippen LogP contribution in [0.1, 0.15) is 58.6 Å². The van der Waals surface area contributed by atoms with Crippen molar-refractivity contribution in [3.05, 3.63) is 45.7 Å². The van der Waals surface area contributed by atoms with Crippen molar-refractivity contribution in [2.24, 2.45) is 23.0 Å². The number of alkyl halides is 3. The van der Waals surface area contributed by atoms with Crippen LogP contribution in [0.3, 0.4) is 0 Å². The number of carbonyl (C=O) groups excluding carboxylic acids is 3. The summed E-state index contributed by atoms with van der Waals surface area (Å²) in [6.07, 6.45) is -3.83. The van der Waals surface area contributed by atoms with Crippen LogP contribution in [0.15, 0.2) is 29.1 Å². The normalized spacial score (nSPS) is 17.9. The minimum absolute atomic E-state index is 0.0364. The summed E-state index contributed by atoms with van der Waals surface area (Å²) >= 11 is 0. The van der Waals surface area contributed by atoms with Crippen LogP contribution in [0.5, 0.6) is 0 Å². The van der Waals surface area contributed by atoms with Gasteiger partial charge in [0.25, 0.3) is 5.56 Å². The van der Waals surface area contributed by atoms with E-state index in [1.165, 1.54) is 0 Å². The minimum Gasteiger partial charge on any atom is -0.362 e. The van der Waals surface area contributed by atoms with E-state index in [9.17, 15) is 32.8 Å². The Balaban J connectivity index is 0.000000745. The van der Waals surface area contributed by atoms with Crippen LogP contribution in [0.2, 0.25) is 0 Å². The average molecular weight is 578 g/mol. The minimum atomic E-state index is -4.86. The third kappa shape index (κ3) is 9.62. The maximum absolute atomic E-state index is 13.3. The summed E-state index contributed by atoms with van der Waals surface area (Å²) in [5, 5.41) is 13.4. The lowest BCUT2D eigenvalue weighted by molar-refractivity contribution is -0.169. The van der Waals surface area contributed by atoms with Gasteiger partial charge in [-0.3, -0.25) is 19.2 Å². The number of fused-ring (bicyclic) bond motifs is 1. The van der Waals surface area contributed by atoms with Gasteiger partial charge in [-0.1, -0.05) is 46.2 Å². The largest absolute Gasteiger partial charge is 0.470 e. The van der Waals surface area contributed by atoms with E-state index in [-0.39, 0.29) is 35.1 Å². The number of nitrogens with two attached hydrogens (primary N) is 1. The first-order valence-electron chi connectivity index (χ1n) is 13.3. The number of nitrogens with one attached hydrogen (secondary N) is 2. The van der Waals surface area contributed by atoms with Crippen molar-refractivity contribution in [1.29, 1.82) is 5.26 Å². The first-order chi connectivity index (χ1) is 18.8. The molecule has 3 atom stereocenters. The number of aryl methyl sites for hydroxylation is 1. The molecule has 12 heteroatoms. The van der Waals surface area contributed by atoms with Crippen molar-refractivity contribution in [3.63, 3.8) is 0 Å². The molecule has 3 rings (SSSR count). The predicted octanol–water partition coefficient (Wildman–Crippen LogP) is 3.73. The van der Waals surface area contributed by atoms with Crippen molar-refractivity contribution in [3.8, 4) is 6.07 Å². The smallest absolute Gasteiger partial charge is 0.362 e. The molecule has 2 heterocycles. The number of amides is 3. The van der Waals surface area contributed by atoms with E-state index in [2.05, 4.69) is 36.0 Å². The van der Waals surface area contributed by atoms with Gasteiger partial charge in [0.1, 0.15) is 12.1 Å². The third-order valence-electron chi connectivity index (χ3n) is 6.83. The Labute approximate surface area is 237 Å². The SMILES string of the molecule is Cc1ccc2[nH]c(=O)c(C[C@@H](C#N)NC(=O)[C@@H]3C[C@@H](C(C)C)CN3C(=O)CC(C)(C)C)cc2c1.NC(=O)C(F)(F)F. The van der Waals surface area contributed by atoms with Crippen LogP contribution >= 0.6 is 0 Å². The Kier molecular flexibility index (Phi) is 10.7. The summed E-state index contributed by atoms with van der Waals surface area (Å²) in [4.78, 5) is 52.5. The number of hydrogen-bond donors (Lipinski definition) is 3. The van der Waals surface area contributed by atoms with E-state index in [0.717, 1.165) is 16.5 Å². The van der Waals surface area contributed by atoms with E-state index in [0.29, 0.717) is 30.9 Å². The zero-order valence-electron chi connectivity index (χ0n) is 24.2. The number of H-pyrrole nitrogens is 1. The summed E-state index contributed by atoms with van der Waals surface area (Å²) in [5.41, 5.74) is 5.59. The highest BCUT2D eigenvalue weighted by Crippen LogP contribution is 2.31. The van der Waals surface area contributed by atoms with Gasteiger partial charge in [-0.25, -0.2) is 0 Å². The van der Waals surface area contributed by atoms with Crippen LogP contribution in [0.25, 0.3) is 10.9 Å². The number of rotatable bonds is 6. The molecule has 224 valence electrons. The van der Waals surface area contributed by atoms with E-state index < -0.39 is 24.2 Å². The number of hydrogen-bond acceptors (Lipinski definition) is 5. The molecule has 1 aliphatic rings. The van der Waals surface area contributed by atoms with Gasteiger partial charge in [0.2, 0.25) is 11.8 Å². The van der Waals surface area contributed by atoms with Gasteiger partial charge in [-0.2, -0.15) is 18.4 Å². The number of benzene rings is 1. The number of likely N-dealkylation sites (tertiary alicyclic amines) is 1. The second-order valence-electron chi connectivity index (χ2n) is 12.0. The van der Waals surface area contributed by atoms with Crippen LogP contribution < -0.4 is 16.6 Å². The highest BCUT2D eigenvalue weighted by atomic mass is 19.4. The molecule has 0 radical (unpaired) electrons. The van der Waals surface area contributed by atoms with Crippen LogP contribution in [-0.4, -0.2) is 52.4 Å². The lowest BCUT2D eigenvalue weighted by Crippen LogP contribution is -2.49. The number of aromatic nitrogens is 1. The van der Waals surface area contributed by atoms with Gasteiger partial charge in [0.15, 0.2) is 0 Å². The standard InChI is InChI=1S/C27H36N4O3.C2H2F3NO/c1-16(2)20-12-23(31(15-20)24(32)13-27(4,5)6)26(34)29-21(14-28)11-19-10-18-9-17(3)7-8-22(18)30-25(19)33;3-2(4,5)1(6)7/h7-10,16,20-21,23H,11-13,15H2,1-6H3,(H,29,34)(H,30,33);(H2,6,7)/t20-,21+,23+;/m1./s1. The fourth-order valence-electron chi connectivity index (χ4n) is 4.57. The first-order valence-corrected chi connectivity index (χ1v) is 13.3. The summed E-state index contributed by atoms with van der Waals surface area (Å²) in [5.74, 6) is -2.05. The van der Waals surface area contributed by atoms with E-state index >= 15 is 0 Å². The zero-order chi connectivity index (χ0) is 31.3. The number of aromatic amines is 1. The second kappa shape index (κ2) is 13.2. The lowest BCUT2D eigenvalue weighted by Gasteiger charge is -2.28. The molecule has 1 aliphatic heterocycles. The fraction of sp³-hybridized carbons (Fsp3) is 0.552. The molecule has 4 N–H and O–H groups in total. The molecule has 0 unspecified atom stereocenters. The quantitative estimate of drug-likeness (QED) is 0.478. The van der Waals surface area contributed by atoms with Crippen LogP contribution in [0.4, 0.5) is 13.2 Å². The van der Waals surface area contributed by atoms with Gasteiger partial charge in [-0.15, -0.1) is 0 Å². The lowest BCUT2D eigenvalue weighted by atomic mass is 9.91. The molecule has 1 aromatic carbocycles. The molecule has 1 fully saturated rings. The predicted molar refractivity (Wildman–Crippen MR) is 148 cm³/mol. The fourth-order valence-corrected chi connectivity index (χ4v) is 4.57. The molecule has 3 amide bonds. The molecule has 2 aromatic rings. The topological polar surface area (TPSA) is 149 Å². The molecule has 0 bridgehead atoms. The number of pyridine rings is 1. The maximum Gasteiger partial charge on any atom is 0.470 e. The van der Waals surface area contributed by atoms with Gasteiger partial charge in [0.05, 0.1) is 6.07 Å². The highest BCUT2D eigenvalue weighted by Gasteiger charge is 2.41. The Bertz CT molecular complexity index is 1370. The monoisotopic (exact) mass is 577 g/mol. The molecular formula is C29H38F3N5O4. The van der Waals surface area contributed by atoms with E-state index in [4.69, 9.17) is 4.79 Å². The van der Waals surface area contributed by atoms with Crippen molar-refractivity contribution in [2.75, 3.05) is 6.54 Å². The van der Waals surface area contributed by atoms with Gasteiger partial charge in [0, 0.05) is 30.5 Å². The van der Waals surface area contributed by atoms with Crippen LogP contribution in [0, 0.1) is 35.5 Å². The summed E-state index contributed by atoms with van der Waals surface area (Å²) in [6.45, 7) is 12.7. The molecule has 1 saturated heterocycles. The molecule has 41 heavy (non-hydrogen) atoms. The molecule has 1 aromatic heterocycles.